The Labute approximate surface area is 119 Å². The SMILES string of the molecule is CCCC(NC(=O)c1cc(C)c(F)cc1F)c1nn[nH]n1. The van der Waals surface area contributed by atoms with E-state index < -0.39 is 23.6 Å². The molecule has 1 amide bonds. The summed E-state index contributed by atoms with van der Waals surface area (Å²) in [5.74, 6) is -1.91. The summed E-state index contributed by atoms with van der Waals surface area (Å²) in [6.45, 7) is 3.40. The number of nitrogens with one attached hydrogen (secondary N) is 2. The van der Waals surface area contributed by atoms with Crippen molar-refractivity contribution in [3.8, 4) is 0 Å². The number of carbonyl (C=O) groups is 1. The zero-order valence-electron chi connectivity index (χ0n) is 11.7. The van der Waals surface area contributed by atoms with E-state index in [4.69, 9.17) is 0 Å². The first-order valence-electron chi connectivity index (χ1n) is 6.52. The lowest BCUT2D eigenvalue weighted by Gasteiger charge is -2.15. The average Bonchev–Trinajstić information content (AvgIpc) is 2.96. The van der Waals surface area contributed by atoms with E-state index in [0.29, 0.717) is 18.3 Å². The maximum absolute atomic E-state index is 13.7. The smallest absolute Gasteiger partial charge is 0.254 e. The number of hydrogen-bond donors (Lipinski definition) is 2. The predicted octanol–water partition coefficient (Wildman–Crippen LogP) is 2.06. The molecule has 0 aliphatic rings. The highest BCUT2D eigenvalue weighted by Crippen LogP contribution is 2.17. The van der Waals surface area contributed by atoms with Crippen LogP contribution in [0, 0.1) is 18.6 Å². The van der Waals surface area contributed by atoms with Crippen LogP contribution < -0.4 is 5.32 Å². The van der Waals surface area contributed by atoms with Crippen molar-refractivity contribution >= 4 is 5.91 Å². The molecule has 2 N–H and O–H groups in total. The summed E-state index contributed by atoms with van der Waals surface area (Å²) in [6, 6.07) is 1.40. The minimum Gasteiger partial charge on any atom is -0.342 e. The standard InChI is InChI=1S/C13H15F2N5O/c1-3-4-11(12-17-19-20-18-12)16-13(21)8-5-7(2)9(14)6-10(8)15/h5-6,11H,3-4H2,1-2H3,(H,16,21)(H,17,18,19,20). The van der Waals surface area contributed by atoms with Crippen molar-refractivity contribution in [2.24, 2.45) is 0 Å². The Bertz CT molecular complexity index is 630. The van der Waals surface area contributed by atoms with Gasteiger partial charge < -0.3 is 5.32 Å². The highest BCUT2D eigenvalue weighted by Gasteiger charge is 2.21. The van der Waals surface area contributed by atoms with Crippen LogP contribution in [0.15, 0.2) is 12.1 Å². The minimum absolute atomic E-state index is 0.202. The molecule has 0 aliphatic carbocycles. The molecular weight excluding hydrogens is 280 g/mol. The Hall–Kier alpha value is -2.38. The fraction of sp³-hybridized carbons (Fsp3) is 0.385. The highest BCUT2D eigenvalue weighted by atomic mass is 19.1. The van der Waals surface area contributed by atoms with Gasteiger partial charge in [0.1, 0.15) is 11.6 Å². The van der Waals surface area contributed by atoms with E-state index in [1.54, 1.807) is 0 Å². The molecule has 1 unspecified atom stereocenters. The van der Waals surface area contributed by atoms with Gasteiger partial charge in [0.25, 0.3) is 5.91 Å². The number of amides is 1. The summed E-state index contributed by atoms with van der Waals surface area (Å²) >= 11 is 0. The van der Waals surface area contributed by atoms with E-state index in [1.165, 1.54) is 13.0 Å². The van der Waals surface area contributed by atoms with Gasteiger partial charge in [-0.2, -0.15) is 5.21 Å². The number of halogens is 2. The molecule has 21 heavy (non-hydrogen) atoms. The first kappa shape index (κ1) is 15.0. The third-order valence-electron chi connectivity index (χ3n) is 3.05. The molecule has 1 heterocycles. The largest absolute Gasteiger partial charge is 0.342 e. The zero-order chi connectivity index (χ0) is 15.4. The van der Waals surface area contributed by atoms with Crippen molar-refractivity contribution in [2.45, 2.75) is 32.7 Å². The average molecular weight is 295 g/mol. The molecule has 2 aromatic rings. The van der Waals surface area contributed by atoms with Crippen LogP contribution >= 0.6 is 0 Å². The van der Waals surface area contributed by atoms with E-state index in [9.17, 15) is 13.6 Å². The van der Waals surface area contributed by atoms with Crippen LogP contribution in [0.5, 0.6) is 0 Å². The third-order valence-corrected chi connectivity index (χ3v) is 3.05. The zero-order valence-corrected chi connectivity index (χ0v) is 11.7. The first-order valence-corrected chi connectivity index (χ1v) is 6.52. The van der Waals surface area contributed by atoms with Crippen LogP contribution in [0.4, 0.5) is 8.78 Å². The molecular formula is C13H15F2N5O. The van der Waals surface area contributed by atoms with Crippen molar-refractivity contribution in [3.63, 3.8) is 0 Å². The topological polar surface area (TPSA) is 83.6 Å². The number of aromatic amines is 1. The molecule has 0 saturated heterocycles. The van der Waals surface area contributed by atoms with Crippen molar-refractivity contribution in [2.75, 3.05) is 0 Å². The number of benzene rings is 1. The maximum atomic E-state index is 13.7. The fourth-order valence-corrected chi connectivity index (χ4v) is 1.94. The van der Waals surface area contributed by atoms with Crippen LogP contribution in [-0.4, -0.2) is 26.5 Å². The summed E-state index contributed by atoms with van der Waals surface area (Å²) in [5, 5.41) is 16.0. The van der Waals surface area contributed by atoms with Crippen LogP contribution in [0.3, 0.4) is 0 Å². The Balaban J connectivity index is 2.21. The fourth-order valence-electron chi connectivity index (χ4n) is 1.94. The number of H-pyrrole nitrogens is 1. The Kier molecular flexibility index (Phi) is 4.56. The second kappa shape index (κ2) is 6.38. The number of tetrazole rings is 1. The van der Waals surface area contributed by atoms with Gasteiger partial charge in [0.15, 0.2) is 5.82 Å². The Morgan fingerprint density at radius 2 is 2.14 bits per heavy atom. The van der Waals surface area contributed by atoms with Crippen molar-refractivity contribution in [3.05, 3.63) is 40.7 Å². The molecule has 0 radical (unpaired) electrons. The molecule has 0 fully saturated rings. The van der Waals surface area contributed by atoms with Gasteiger partial charge in [-0.05, 0) is 25.0 Å². The maximum Gasteiger partial charge on any atom is 0.254 e. The highest BCUT2D eigenvalue weighted by molar-refractivity contribution is 5.94. The Morgan fingerprint density at radius 1 is 1.38 bits per heavy atom. The predicted molar refractivity (Wildman–Crippen MR) is 70.4 cm³/mol. The molecule has 0 saturated carbocycles. The van der Waals surface area contributed by atoms with Gasteiger partial charge in [-0.1, -0.05) is 18.6 Å². The van der Waals surface area contributed by atoms with Crippen molar-refractivity contribution in [1.82, 2.24) is 25.9 Å². The lowest BCUT2D eigenvalue weighted by atomic mass is 10.1. The summed E-state index contributed by atoms with van der Waals surface area (Å²) in [4.78, 5) is 12.1. The van der Waals surface area contributed by atoms with E-state index in [-0.39, 0.29) is 11.1 Å². The third kappa shape index (κ3) is 3.39. The second-order valence-electron chi connectivity index (χ2n) is 4.67. The summed E-state index contributed by atoms with van der Waals surface area (Å²) in [6.07, 6.45) is 1.34. The van der Waals surface area contributed by atoms with Gasteiger partial charge in [-0.3, -0.25) is 4.79 Å². The summed E-state index contributed by atoms with van der Waals surface area (Å²) in [7, 11) is 0. The number of aromatic nitrogens is 4. The van der Waals surface area contributed by atoms with Crippen LogP contribution in [0.25, 0.3) is 0 Å². The molecule has 1 aromatic carbocycles. The van der Waals surface area contributed by atoms with Gasteiger partial charge in [0.2, 0.25) is 0 Å². The second-order valence-corrected chi connectivity index (χ2v) is 4.67. The quantitative estimate of drug-likeness (QED) is 0.884. The van der Waals surface area contributed by atoms with Crippen LogP contribution in [0.1, 0.15) is 47.6 Å². The number of nitrogens with zero attached hydrogens (tertiary/aromatic N) is 3. The molecule has 2 rings (SSSR count). The normalized spacial score (nSPS) is 12.2. The number of hydrogen-bond acceptors (Lipinski definition) is 4. The van der Waals surface area contributed by atoms with Gasteiger partial charge >= 0.3 is 0 Å². The molecule has 112 valence electrons. The molecule has 0 aliphatic heterocycles. The first-order chi connectivity index (χ1) is 10.0. The molecule has 1 aromatic heterocycles. The Morgan fingerprint density at radius 3 is 2.76 bits per heavy atom. The van der Waals surface area contributed by atoms with Gasteiger partial charge in [0, 0.05) is 6.07 Å². The number of aryl methyl sites for hydroxylation is 1. The van der Waals surface area contributed by atoms with Gasteiger partial charge in [-0.25, -0.2) is 8.78 Å². The lowest BCUT2D eigenvalue weighted by Crippen LogP contribution is -2.30. The van der Waals surface area contributed by atoms with Crippen molar-refractivity contribution < 1.29 is 13.6 Å². The molecule has 8 heteroatoms. The van der Waals surface area contributed by atoms with E-state index in [0.717, 1.165) is 6.42 Å². The molecule has 1 atom stereocenters. The molecule has 6 nitrogen and oxygen atoms in total. The number of rotatable bonds is 5. The summed E-state index contributed by atoms with van der Waals surface area (Å²) < 4.78 is 26.9. The number of carbonyl (C=O) groups excluding carboxylic acids is 1. The molecule has 0 spiro atoms. The van der Waals surface area contributed by atoms with Crippen LogP contribution in [0.2, 0.25) is 0 Å². The lowest BCUT2D eigenvalue weighted by molar-refractivity contribution is 0.0928. The summed E-state index contributed by atoms with van der Waals surface area (Å²) in [5.41, 5.74) is -0.00773. The van der Waals surface area contributed by atoms with Gasteiger partial charge in [-0.15, -0.1) is 10.2 Å². The minimum atomic E-state index is -0.904. The van der Waals surface area contributed by atoms with E-state index in [2.05, 4.69) is 25.9 Å². The molecule has 0 bridgehead atoms. The van der Waals surface area contributed by atoms with E-state index >= 15 is 0 Å². The van der Waals surface area contributed by atoms with E-state index in [1.807, 2.05) is 6.92 Å². The monoisotopic (exact) mass is 295 g/mol. The van der Waals surface area contributed by atoms with Gasteiger partial charge in [0.05, 0.1) is 11.6 Å². The van der Waals surface area contributed by atoms with Crippen LogP contribution in [-0.2, 0) is 0 Å². The van der Waals surface area contributed by atoms with Crippen molar-refractivity contribution in [1.29, 1.82) is 0 Å².